The predicted molar refractivity (Wildman–Crippen MR) is 107 cm³/mol. The number of amides is 1. The van der Waals surface area contributed by atoms with E-state index in [4.69, 9.17) is 11.6 Å². The number of thioether (sulfide) groups is 1. The Bertz CT molecular complexity index is 960. The molecule has 0 aliphatic carbocycles. The third-order valence-corrected chi connectivity index (χ3v) is 5.78. The molecule has 0 radical (unpaired) electrons. The Hall–Kier alpha value is -2.22. The van der Waals surface area contributed by atoms with Gasteiger partial charge in [-0.1, -0.05) is 29.4 Å². The minimum absolute atomic E-state index is 0.101. The van der Waals surface area contributed by atoms with E-state index in [0.29, 0.717) is 26.3 Å². The highest BCUT2D eigenvalue weighted by Crippen LogP contribution is 2.24. The normalized spacial score (nSPS) is 10.6. The van der Waals surface area contributed by atoms with Crippen LogP contribution in [0.3, 0.4) is 0 Å². The minimum atomic E-state index is -0.375. The molecule has 1 heterocycles. The van der Waals surface area contributed by atoms with Gasteiger partial charge in [-0.2, -0.15) is 0 Å². The van der Waals surface area contributed by atoms with E-state index in [9.17, 15) is 14.0 Å². The van der Waals surface area contributed by atoms with Crippen molar-refractivity contribution in [2.24, 2.45) is 0 Å². The molecule has 138 valence electrons. The first-order valence-corrected chi connectivity index (χ1v) is 10.2. The van der Waals surface area contributed by atoms with E-state index in [1.807, 2.05) is 0 Å². The van der Waals surface area contributed by atoms with Crippen LogP contribution in [0.4, 0.5) is 10.1 Å². The number of ketones is 1. The van der Waals surface area contributed by atoms with Crippen LogP contribution in [0.15, 0.2) is 58.3 Å². The second-order valence-electron chi connectivity index (χ2n) is 5.56. The zero-order valence-electron chi connectivity index (χ0n) is 13.9. The Balaban J connectivity index is 1.51. The number of aromatic nitrogens is 1. The van der Waals surface area contributed by atoms with E-state index >= 15 is 0 Å². The number of nitrogens with one attached hydrogen (secondary N) is 1. The standard InChI is InChI=1S/C19H14ClFN2O2S2/c20-13-2-1-3-15(8-13)22-18(25)9-16-10-26-19(23-16)27-11-17(24)12-4-6-14(21)7-5-12/h1-8,10H,9,11H2,(H,22,25). The Morgan fingerprint density at radius 2 is 1.96 bits per heavy atom. The SMILES string of the molecule is O=C(Cc1csc(SCC(=O)c2ccc(F)cc2)n1)Nc1cccc(Cl)c1. The Morgan fingerprint density at radius 3 is 2.70 bits per heavy atom. The highest BCUT2D eigenvalue weighted by molar-refractivity contribution is 8.01. The summed E-state index contributed by atoms with van der Waals surface area (Å²) in [5.41, 5.74) is 1.72. The average molecular weight is 421 g/mol. The number of anilines is 1. The second-order valence-corrected chi connectivity index (χ2v) is 8.08. The number of benzene rings is 2. The van der Waals surface area contributed by atoms with Gasteiger partial charge in [0.15, 0.2) is 10.1 Å². The molecule has 3 rings (SSSR count). The molecule has 2 aromatic carbocycles. The van der Waals surface area contributed by atoms with Crippen molar-refractivity contribution in [3.63, 3.8) is 0 Å². The first kappa shape index (κ1) is 19.5. The summed E-state index contributed by atoms with van der Waals surface area (Å²) in [6.45, 7) is 0. The Kier molecular flexibility index (Phi) is 6.60. The van der Waals surface area contributed by atoms with Gasteiger partial charge in [-0.15, -0.1) is 11.3 Å². The Morgan fingerprint density at radius 1 is 1.19 bits per heavy atom. The lowest BCUT2D eigenvalue weighted by atomic mass is 10.1. The fraction of sp³-hybridized carbons (Fsp3) is 0.105. The van der Waals surface area contributed by atoms with Gasteiger partial charge >= 0.3 is 0 Å². The molecule has 0 atom stereocenters. The summed E-state index contributed by atoms with van der Waals surface area (Å²) in [5, 5.41) is 5.11. The van der Waals surface area contributed by atoms with Gasteiger partial charge < -0.3 is 5.32 Å². The molecule has 1 amide bonds. The van der Waals surface area contributed by atoms with Gasteiger partial charge in [0.25, 0.3) is 0 Å². The zero-order valence-corrected chi connectivity index (χ0v) is 16.3. The van der Waals surface area contributed by atoms with Gasteiger partial charge in [0.1, 0.15) is 5.82 Å². The van der Waals surface area contributed by atoms with Crippen molar-refractivity contribution in [2.45, 2.75) is 10.8 Å². The number of carbonyl (C=O) groups is 2. The lowest BCUT2D eigenvalue weighted by Crippen LogP contribution is -2.14. The fourth-order valence-electron chi connectivity index (χ4n) is 2.22. The predicted octanol–water partition coefficient (Wildman–Crippen LogP) is 5.09. The quantitative estimate of drug-likeness (QED) is 0.427. The number of hydrogen-bond acceptors (Lipinski definition) is 5. The molecule has 0 aliphatic heterocycles. The van der Waals surface area contributed by atoms with Crippen molar-refractivity contribution < 1.29 is 14.0 Å². The fourth-order valence-corrected chi connectivity index (χ4v) is 4.15. The molecule has 3 aromatic rings. The number of Topliss-reactive ketones (excluding diaryl/α,β-unsaturated/α-hetero) is 1. The molecule has 0 saturated heterocycles. The van der Waals surface area contributed by atoms with Gasteiger partial charge in [-0.25, -0.2) is 9.37 Å². The summed E-state index contributed by atoms with van der Waals surface area (Å²) >= 11 is 8.57. The molecule has 4 nitrogen and oxygen atoms in total. The highest BCUT2D eigenvalue weighted by Gasteiger charge is 2.11. The van der Waals surface area contributed by atoms with E-state index in [-0.39, 0.29) is 29.7 Å². The van der Waals surface area contributed by atoms with Crippen LogP contribution < -0.4 is 5.32 Å². The molecule has 0 bridgehead atoms. The smallest absolute Gasteiger partial charge is 0.230 e. The van der Waals surface area contributed by atoms with Crippen LogP contribution in [0.2, 0.25) is 5.02 Å². The summed E-state index contributed by atoms with van der Waals surface area (Å²) in [6, 6.07) is 12.4. The van der Waals surface area contributed by atoms with E-state index < -0.39 is 0 Å². The van der Waals surface area contributed by atoms with Crippen LogP contribution in [0.5, 0.6) is 0 Å². The average Bonchev–Trinajstić information content (AvgIpc) is 3.07. The monoisotopic (exact) mass is 420 g/mol. The zero-order chi connectivity index (χ0) is 19.2. The van der Waals surface area contributed by atoms with Crippen LogP contribution in [-0.2, 0) is 11.2 Å². The maximum atomic E-state index is 12.9. The number of nitrogens with zero attached hydrogens (tertiary/aromatic N) is 1. The molecular weight excluding hydrogens is 407 g/mol. The summed E-state index contributed by atoms with van der Waals surface area (Å²) < 4.78 is 13.6. The third-order valence-electron chi connectivity index (χ3n) is 3.47. The van der Waals surface area contributed by atoms with Gasteiger partial charge in [0.05, 0.1) is 17.9 Å². The molecule has 27 heavy (non-hydrogen) atoms. The third kappa shape index (κ3) is 5.89. The Labute approximate surface area is 168 Å². The summed E-state index contributed by atoms with van der Waals surface area (Å²) in [7, 11) is 0. The second kappa shape index (κ2) is 9.12. The highest BCUT2D eigenvalue weighted by atomic mass is 35.5. The largest absolute Gasteiger partial charge is 0.326 e. The van der Waals surface area contributed by atoms with Gasteiger partial charge in [0, 0.05) is 21.7 Å². The van der Waals surface area contributed by atoms with Gasteiger partial charge in [-0.05, 0) is 42.5 Å². The summed E-state index contributed by atoms with van der Waals surface area (Å²) in [5.74, 6) is -0.468. The van der Waals surface area contributed by atoms with Crippen LogP contribution in [0.25, 0.3) is 0 Å². The number of hydrogen-bond donors (Lipinski definition) is 1. The molecule has 0 fully saturated rings. The minimum Gasteiger partial charge on any atom is -0.326 e. The molecule has 0 saturated carbocycles. The van der Waals surface area contributed by atoms with Gasteiger partial charge in [0.2, 0.25) is 5.91 Å². The molecule has 1 N–H and O–H groups in total. The topological polar surface area (TPSA) is 59.1 Å². The maximum absolute atomic E-state index is 12.9. The first-order chi connectivity index (χ1) is 13.0. The van der Waals surface area contributed by atoms with Crippen LogP contribution >= 0.6 is 34.7 Å². The molecular formula is C19H14ClFN2O2S2. The summed E-state index contributed by atoms with van der Waals surface area (Å²) in [4.78, 5) is 28.6. The van der Waals surface area contributed by atoms with Gasteiger partial charge in [-0.3, -0.25) is 9.59 Å². The van der Waals surface area contributed by atoms with E-state index in [0.717, 1.165) is 0 Å². The molecule has 0 spiro atoms. The number of thiazole rings is 1. The van der Waals surface area contributed by atoms with Crippen LogP contribution in [0.1, 0.15) is 16.1 Å². The lowest BCUT2D eigenvalue weighted by molar-refractivity contribution is -0.115. The van der Waals surface area contributed by atoms with E-state index in [2.05, 4.69) is 10.3 Å². The maximum Gasteiger partial charge on any atom is 0.230 e. The van der Waals surface area contributed by atoms with Crippen LogP contribution in [0, 0.1) is 5.82 Å². The number of carbonyl (C=O) groups excluding carboxylic acids is 2. The van der Waals surface area contributed by atoms with Crippen molar-refractivity contribution in [1.29, 1.82) is 0 Å². The van der Waals surface area contributed by atoms with E-state index in [1.165, 1.54) is 47.4 Å². The van der Waals surface area contributed by atoms with Crippen molar-refractivity contribution in [3.8, 4) is 0 Å². The first-order valence-electron chi connectivity index (χ1n) is 7.91. The molecule has 0 unspecified atom stereocenters. The van der Waals surface area contributed by atoms with Crippen molar-refractivity contribution in [3.05, 3.63) is 76.0 Å². The number of halogens is 2. The lowest BCUT2D eigenvalue weighted by Gasteiger charge is -2.04. The molecule has 1 aromatic heterocycles. The van der Waals surface area contributed by atoms with Crippen molar-refractivity contribution in [1.82, 2.24) is 4.98 Å². The summed E-state index contributed by atoms with van der Waals surface area (Å²) in [6.07, 6.45) is 0.134. The molecule has 8 heteroatoms. The van der Waals surface area contributed by atoms with Crippen molar-refractivity contribution >= 4 is 52.1 Å². The van der Waals surface area contributed by atoms with Crippen molar-refractivity contribution in [2.75, 3.05) is 11.1 Å². The van der Waals surface area contributed by atoms with E-state index in [1.54, 1.807) is 29.6 Å². The number of rotatable bonds is 7. The molecule has 0 aliphatic rings. The van der Waals surface area contributed by atoms with Crippen LogP contribution in [-0.4, -0.2) is 22.4 Å².